The molecule has 0 aliphatic heterocycles. The topological polar surface area (TPSA) is 17.8 Å². The molecule has 21 heavy (non-hydrogen) atoms. The Hall–Kier alpha value is -1.65. The first-order valence-corrected chi connectivity index (χ1v) is 7.12. The van der Waals surface area contributed by atoms with E-state index in [1.165, 1.54) is 22.8 Å². The first-order valence-electron chi connectivity index (χ1n) is 6.20. The predicted molar refractivity (Wildman–Crippen MR) is 80.3 cm³/mol. The summed E-state index contributed by atoms with van der Waals surface area (Å²) in [6.07, 6.45) is 0. The van der Waals surface area contributed by atoms with Gasteiger partial charge in [0.05, 0.1) is 21.9 Å². The number of nitrogens with zero attached hydrogens (tertiary/aromatic N) is 2. The first kappa shape index (κ1) is 14.3. The summed E-state index contributed by atoms with van der Waals surface area (Å²) < 4.78 is 29.4. The van der Waals surface area contributed by atoms with E-state index in [4.69, 9.17) is 23.2 Å². The number of alkyl halides is 1. The standard InChI is InChI=1S/C15H10Cl2F2N2/c1-8-5-13-12(6-11(8)19)20-14(7-16)21(13)15-9(17)3-2-4-10(15)18/h2-6H,7H2,1H3. The number of hydrogen-bond acceptors (Lipinski definition) is 1. The fraction of sp³-hybridized carbons (Fsp3) is 0.133. The highest BCUT2D eigenvalue weighted by Crippen LogP contribution is 2.30. The van der Waals surface area contributed by atoms with E-state index in [1.807, 2.05) is 0 Å². The quantitative estimate of drug-likeness (QED) is 0.605. The molecule has 0 aliphatic carbocycles. The van der Waals surface area contributed by atoms with Crippen LogP contribution in [0.1, 0.15) is 11.4 Å². The van der Waals surface area contributed by atoms with Gasteiger partial charge in [-0.2, -0.15) is 0 Å². The molecule has 3 rings (SSSR count). The lowest BCUT2D eigenvalue weighted by molar-refractivity contribution is 0.617. The van der Waals surface area contributed by atoms with Crippen molar-refractivity contribution in [2.45, 2.75) is 12.8 Å². The molecule has 0 bridgehead atoms. The van der Waals surface area contributed by atoms with Gasteiger partial charge in [-0.3, -0.25) is 4.57 Å². The van der Waals surface area contributed by atoms with Gasteiger partial charge in [0.1, 0.15) is 23.1 Å². The summed E-state index contributed by atoms with van der Waals surface area (Å²) in [6, 6.07) is 7.33. The second kappa shape index (κ2) is 5.28. The van der Waals surface area contributed by atoms with Gasteiger partial charge in [-0.05, 0) is 30.7 Å². The van der Waals surface area contributed by atoms with E-state index in [9.17, 15) is 8.78 Å². The summed E-state index contributed by atoms with van der Waals surface area (Å²) in [5.41, 5.74) is 1.59. The van der Waals surface area contributed by atoms with Crippen LogP contribution in [0.25, 0.3) is 16.7 Å². The molecule has 0 atom stereocenters. The molecule has 1 aromatic heterocycles. The Morgan fingerprint density at radius 3 is 2.62 bits per heavy atom. The number of halogens is 4. The Balaban J connectivity index is 2.43. The molecule has 0 N–H and O–H groups in total. The number of aryl methyl sites for hydroxylation is 1. The maximum absolute atomic E-state index is 14.2. The van der Waals surface area contributed by atoms with Crippen molar-refractivity contribution in [3.05, 3.63) is 58.4 Å². The van der Waals surface area contributed by atoms with Crippen LogP contribution in [0.4, 0.5) is 8.78 Å². The molecule has 6 heteroatoms. The molecule has 0 saturated heterocycles. The summed E-state index contributed by atoms with van der Waals surface area (Å²) >= 11 is 12.0. The van der Waals surface area contributed by atoms with Crippen LogP contribution in [-0.4, -0.2) is 9.55 Å². The van der Waals surface area contributed by atoms with Crippen LogP contribution in [-0.2, 0) is 5.88 Å². The van der Waals surface area contributed by atoms with Crippen molar-refractivity contribution in [3.8, 4) is 5.69 Å². The molecule has 0 aliphatic rings. The van der Waals surface area contributed by atoms with Gasteiger partial charge in [0, 0.05) is 6.07 Å². The Morgan fingerprint density at radius 1 is 1.19 bits per heavy atom. The molecular formula is C15H10Cl2F2N2. The number of imidazole rings is 1. The molecule has 0 fully saturated rings. The van der Waals surface area contributed by atoms with Gasteiger partial charge in [0.15, 0.2) is 0 Å². The van der Waals surface area contributed by atoms with Gasteiger partial charge < -0.3 is 0 Å². The third kappa shape index (κ3) is 2.28. The van der Waals surface area contributed by atoms with Crippen LogP contribution in [0.3, 0.4) is 0 Å². The van der Waals surface area contributed by atoms with Crippen LogP contribution < -0.4 is 0 Å². The Bertz CT molecular complexity index is 823. The van der Waals surface area contributed by atoms with Crippen molar-refractivity contribution in [2.75, 3.05) is 0 Å². The lowest BCUT2D eigenvalue weighted by Crippen LogP contribution is -2.03. The molecule has 0 spiro atoms. The molecular weight excluding hydrogens is 317 g/mol. The van der Waals surface area contributed by atoms with Gasteiger partial charge in [-0.15, -0.1) is 11.6 Å². The Labute approximate surface area is 129 Å². The molecule has 1 heterocycles. The molecule has 0 saturated carbocycles. The summed E-state index contributed by atoms with van der Waals surface area (Å²) in [4.78, 5) is 4.26. The number of aromatic nitrogens is 2. The third-order valence-corrected chi connectivity index (χ3v) is 3.83. The van der Waals surface area contributed by atoms with E-state index < -0.39 is 5.82 Å². The fourth-order valence-corrected chi connectivity index (χ4v) is 2.72. The second-order valence-corrected chi connectivity index (χ2v) is 5.33. The number of benzene rings is 2. The van der Waals surface area contributed by atoms with Crippen molar-refractivity contribution >= 4 is 34.2 Å². The minimum Gasteiger partial charge on any atom is -0.291 e. The SMILES string of the molecule is Cc1cc2c(cc1F)nc(CCl)n2-c1c(F)cccc1Cl. The van der Waals surface area contributed by atoms with Gasteiger partial charge in [-0.1, -0.05) is 17.7 Å². The van der Waals surface area contributed by atoms with Gasteiger partial charge in [0.25, 0.3) is 0 Å². The molecule has 0 amide bonds. The lowest BCUT2D eigenvalue weighted by atomic mass is 10.2. The van der Waals surface area contributed by atoms with E-state index in [2.05, 4.69) is 4.98 Å². The summed E-state index contributed by atoms with van der Waals surface area (Å²) in [5, 5.41) is 0.239. The maximum atomic E-state index is 14.2. The first-order chi connectivity index (χ1) is 10.0. The summed E-state index contributed by atoms with van der Waals surface area (Å²) in [7, 11) is 0. The van der Waals surface area contributed by atoms with Crippen molar-refractivity contribution in [3.63, 3.8) is 0 Å². The van der Waals surface area contributed by atoms with Crippen molar-refractivity contribution in [2.24, 2.45) is 0 Å². The van der Waals surface area contributed by atoms with E-state index in [0.717, 1.165) is 0 Å². The van der Waals surface area contributed by atoms with Crippen LogP contribution in [0.15, 0.2) is 30.3 Å². The average molecular weight is 327 g/mol. The lowest BCUT2D eigenvalue weighted by Gasteiger charge is -2.11. The highest BCUT2D eigenvalue weighted by atomic mass is 35.5. The maximum Gasteiger partial charge on any atom is 0.148 e. The van der Waals surface area contributed by atoms with Crippen LogP contribution in [0.5, 0.6) is 0 Å². The number of rotatable bonds is 2. The monoisotopic (exact) mass is 326 g/mol. The molecule has 2 aromatic carbocycles. The van der Waals surface area contributed by atoms with E-state index in [-0.39, 0.29) is 22.4 Å². The van der Waals surface area contributed by atoms with Crippen LogP contribution >= 0.6 is 23.2 Å². The van der Waals surface area contributed by atoms with Gasteiger partial charge >= 0.3 is 0 Å². The molecule has 0 radical (unpaired) electrons. The van der Waals surface area contributed by atoms with Crippen LogP contribution in [0, 0.1) is 18.6 Å². The minimum absolute atomic E-state index is 0.0556. The normalized spacial score (nSPS) is 11.3. The molecule has 3 aromatic rings. The zero-order valence-electron chi connectivity index (χ0n) is 11.0. The van der Waals surface area contributed by atoms with Gasteiger partial charge in [-0.25, -0.2) is 13.8 Å². The van der Waals surface area contributed by atoms with E-state index >= 15 is 0 Å². The fourth-order valence-electron chi connectivity index (χ4n) is 2.29. The minimum atomic E-state index is -0.491. The summed E-state index contributed by atoms with van der Waals surface area (Å²) in [6.45, 7) is 1.63. The molecule has 2 nitrogen and oxygen atoms in total. The number of hydrogen-bond donors (Lipinski definition) is 0. The zero-order chi connectivity index (χ0) is 15.1. The average Bonchev–Trinajstić information content (AvgIpc) is 2.77. The van der Waals surface area contributed by atoms with Gasteiger partial charge in [0.2, 0.25) is 0 Å². The zero-order valence-corrected chi connectivity index (χ0v) is 12.5. The predicted octanol–water partition coefficient (Wildman–Crippen LogP) is 5.00. The van der Waals surface area contributed by atoms with Crippen LogP contribution in [0.2, 0.25) is 5.02 Å². The highest BCUT2D eigenvalue weighted by Gasteiger charge is 2.18. The van der Waals surface area contributed by atoms with Crippen molar-refractivity contribution < 1.29 is 8.78 Å². The summed E-state index contributed by atoms with van der Waals surface area (Å²) in [5.74, 6) is -0.397. The smallest absolute Gasteiger partial charge is 0.148 e. The Kier molecular flexibility index (Phi) is 3.59. The number of para-hydroxylation sites is 1. The van der Waals surface area contributed by atoms with E-state index in [0.29, 0.717) is 22.4 Å². The largest absolute Gasteiger partial charge is 0.291 e. The van der Waals surface area contributed by atoms with Crippen molar-refractivity contribution in [1.29, 1.82) is 0 Å². The van der Waals surface area contributed by atoms with E-state index in [1.54, 1.807) is 19.1 Å². The Morgan fingerprint density at radius 2 is 1.95 bits per heavy atom. The van der Waals surface area contributed by atoms with Crippen molar-refractivity contribution in [1.82, 2.24) is 9.55 Å². The molecule has 108 valence electrons. The third-order valence-electron chi connectivity index (χ3n) is 3.29. The highest BCUT2D eigenvalue weighted by molar-refractivity contribution is 6.32. The second-order valence-electron chi connectivity index (χ2n) is 4.66. The number of fused-ring (bicyclic) bond motifs is 1. The molecule has 0 unspecified atom stereocenters.